The molecular formula is C13H23N3O. The van der Waals surface area contributed by atoms with Crippen molar-refractivity contribution >= 4 is 11.4 Å². The van der Waals surface area contributed by atoms with Crippen molar-refractivity contribution in [3.63, 3.8) is 0 Å². The summed E-state index contributed by atoms with van der Waals surface area (Å²) in [5, 5.41) is 3.14. The van der Waals surface area contributed by atoms with Crippen LogP contribution >= 0.6 is 0 Å². The first kappa shape index (κ1) is 13.6. The lowest BCUT2D eigenvalue weighted by Gasteiger charge is -2.20. The Morgan fingerprint density at radius 2 is 2.12 bits per heavy atom. The van der Waals surface area contributed by atoms with Gasteiger partial charge in [-0.3, -0.25) is 0 Å². The molecule has 0 bridgehead atoms. The van der Waals surface area contributed by atoms with Crippen molar-refractivity contribution in [3.05, 3.63) is 18.2 Å². The van der Waals surface area contributed by atoms with Gasteiger partial charge in [-0.25, -0.2) is 0 Å². The standard InChI is InChI=1S/C13H23N3O/c1-4-17-13-9-11(14)8-12(10-13)16(3)7-5-6-15-2/h8-10,15H,4-7,14H2,1-3H3. The van der Waals surface area contributed by atoms with E-state index in [1.807, 2.05) is 32.2 Å². The number of nitrogen functional groups attached to an aromatic ring is 1. The van der Waals surface area contributed by atoms with Crippen molar-refractivity contribution in [1.82, 2.24) is 5.32 Å². The van der Waals surface area contributed by atoms with Gasteiger partial charge >= 0.3 is 0 Å². The molecule has 0 atom stereocenters. The minimum atomic E-state index is 0.659. The minimum Gasteiger partial charge on any atom is -0.494 e. The van der Waals surface area contributed by atoms with E-state index in [2.05, 4.69) is 17.3 Å². The number of hydrogen-bond donors (Lipinski definition) is 2. The van der Waals surface area contributed by atoms with Crippen LogP contribution in [-0.2, 0) is 0 Å². The SMILES string of the molecule is CCOc1cc(N)cc(N(C)CCCNC)c1. The van der Waals surface area contributed by atoms with E-state index in [9.17, 15) is 0 Å². The average molecular weight is 237 g/mol. The van der Waals surface area contributed by atoms with Crippen LogP contribution in [0.1, 0.15) is 13.3 Å². The van der Waals surface area contributed by atoms with E-state index >= 15 is 0 Å². The maximum atomic E-state index is 5.86. The van der Waals surface area contributed by atoms with Gasteiger partial charge in [-0.1, -0.05) is 0 Å². The van der Waals surface area contributed by atoms with E-state index in [0.29, 0.717) is 6.61 Å². The monoisotopic (exact) mass is 237 g/mol. The van der Waals surface area contributed by atoms with Crippen LogP contribution in [0.5, 0.6) is 5.75 Å². The zero-order valence-corrected chi connectivity index (χ0v) is 11.0. The molecule has 0 spiro atoms. The van der Waals surface area contributed by atoms with E-state index in [4.69, 9.17) is 10.5 Å². The van der Waals surface area contributed by atoms with Crippen molar-refractivity contribution in [2.75, 3.05) is 44.4 Å². The molecule has 3 N–H and O–H groups in total. The first-order valence-electron chi connectivity index (χ1n) is 6.06. The summed E-state index contributed by atoms with van der Waals surface area (Å²) in [5.74, 6) is 0.836. The molecule has 0 radical (unpaired) electrons. The van der Waals surface area contributed by atoms with Crippen molar-refractivity contribution in [3.8, 4) is 5.75 Å². The van der Waals surface area contributed by atoms with E-state index in [1.54, 1.807) is 0 Å². The van der Waals surface area contributed by atoms with Gasteiger partial charge in [0.1, 0.15) is 5.75 Å². The Labute approximate surface area is 104 Å². The Kier molecular flexibility index (Phi) is 5.63. The molecule has 1 aromatic rings. The summed E-state index contributed by atoms with van der Waals surface area (Å²) in [7, 11) is 4.04. The first-order chi connectivity index (χ1) is 8.17. The van der Waals surface area contributed by atoms with E-state index in [1.165, 1.54) is 0 Å². The lowest BCUT2D eigenvalue weighted by molar-refractivity contribution is 0.340. The number of benzene rings is 1. The summed E-state index contributed by atoms with van der Waals surface area (Å²) < 4.78 is 5.48. The zero-order valence-electron chi connectivity index (χ0n) is 11.0. The molecule has 0 aliphatic carbocycles. The molecule has 96 valence electrons. The predicted molar refractivity (Wildman–Crippen MR) is 73.8 cm³/mol. The Bertz CT molecular complexity index is 341. The van der Waals surface area contributed by atoms with Gasteiger partial charge in [0.05, 0.1) is 6.61 Å². The van der Waals surface area contributed by atoms with Gasteiger partial charge in [0.25, 0.3) is 0 Å². The molecule has 0 aromatic heterocycles. The largest absolute Gasteiger partial charge is 0.494 e. The fourth-order valence-electron chi connectivity index (χ4n) is 1.70. The number of nitrogens with one attached hydrogen (secondary N) is 1. The number of rotatable bonds is 7. The zero-order chi connectivity index (χ0) is 12.7. The highest BCUT2D eigenvalue weighted by Gasteiger charge is 2.04. The van der Waals surface area contributed by atoms with Crippen molar-refractivity contribution < 1.29 is 4.74 Å². The summed E-state index contributed by atoms with van der Waals surface area (Å²) in [6, 6.07) is 5.86. The molecule has 0 fully saturated rings. The molecular weight excluding hydrogens is 214 g/mol. The molecule has 0 aliphatic heterocycles. The van der Waals surface area contributed by atoms with Crippen LogP contribution in [0.15, 0.2) is 18.2 Å². The average Bonchev–Trinajstić information content (AvgIpc) is 2.29. The molecule has 4 heteroatoms. The highest BCUT2D eigenvalue weighted by atomic mass is 16.5. The predicted octanol–water partition coefficient (Wildman–Crippen LogP) is 1.71. The summed E-state index contributed by atoms with van der Waals surface area (Å²) in [5.41, 5.74) is 7.71. The number of nitrogens with zero attached hydrogens (tertiary/aromatic N) is 1. The second kappa shape index (κ2) is 7.01. The first-order valence-corrected chi connectivity index (χ1v) is 6.06. The highest BCUT2D eigenvalue weighted by molar-refractivity contribution is 5.60. The quantitative estimate of drug-likeness (QED) is 0.560. The molecule has 1 aromatic carbocycles. The second-order valence-corrected chi connectivity index (χ2v) is 4.07. The Balaban J connectivity index is 2.67. The highest BCUT2D eigenvalue weighted by Crippen LogP contribution is 2.24. The van der Waals surface area contributed by atoms with Gasteiger partial charge in [-0.05, 0) is 33.0 Å². The minimum absolute atomic E-state index is 0.659. The Morgan fingerprint density at radius 1 is 1.35 bits per heavy atom. The van der Waals surface area contributed by atoms with Gasteiger partial charge in [-0.2, -0.15) is 0 Å². The Hall–Kier alpha value is -1.42. The van der Waals surface area contributed by atoms with Crippen LogP contribution in [0, 0.1) is 0 Å². The number of hydrogen-bond acceptors (Lipinski definition) is 4. The molecule has 0 unspecified atom stereocenters. The third kappa shape index (κ3) is 4.53. The van der Waals surface area contributed by atoms with Crippen molar-refractivity contribution in [2.24, 2.45) is 0 Å². The molecule has 17 heavy (non-hydrogen) atoms. The van der Waals surface area contributed by atoms with Crippen molar-refractivity contribution in [2.45, 2.75) is 13.3 Å². The summed E-state index contributed by atoms with van der Waals surface area (Å²) in [6.07, 6.45) is 1.10. The third-order valence-corrected chi connectivity index (χ3v) is 2.59. The van der Waals surface area contributed by atoms with Gasteiger partial charge in [-0.15, -0.1) is 0 Å². The Morgan fingerprint density at radius 3 is 2.76 bits per heavy atom. The van der Waals surface area contributed by atoms with Crippen molar-refractivity contribution in [1.29, 1.82) is 0 Å². The van der Waals surface area contributed by atoms with E-state index in [-0.39, 0.29) is 0 Å². The van der Waals surface area contributed by atoms with Crippen LogP contribution in [0.2, 0.25) is 0 Å². The summed E-state index contributed by atoms with van der Waals surface area (Å²) in [6.45, 7) is 4.65. The topological polar surface area (TPSA) is 50.5 Å². The molecule has 1 rings (SSSR count). The smallest absolute Gasteiger partial charge is 0.123 e. The van der Waals surface area contributed by atoms with Crippen LogP contribution < -0.4 is 20.7 Å². The fourth-order valence-corrected chi connectivity index (χ4v) is 1.70. The fraction of sp³-hybridized carbons (Fsp3) is 0.538. The lowest BCUT2D eigenvalue weighted by Crippen LogP contribution is -2.22. The maximum Gasteiger partial charge on any atom is 0.123 e. The number of nitrogens with two attached hydrogens (primary N) is 1. The third-order valence-electron chi connectivity index (χ3n) is 2.59. The van der Waals surface area contributed by atoms with Gasteiger partial charge in [0, 0.05) is 37.1 Å². The molecule has 4 nitrogen and oxygen atoms in total. The summed E-state index contributed by atoms with van der Waals surface area (Å²) in [4.78, 5) is 2.19. The lowest BCUT2D eigenvalue weighted by atomic mass is 10.2. The van der Waals surface area contributed by atoms with Gasteiger partial charge in [0.15, 0.2) is 0 Å². The van der Waals surface area contributed by atoms with Crippen LogP contribution in [0.25, 0.3) is 0 Å². The maximum absolute atomic E-state index is 5.86. The van der Waals surface area contributed by atoms with Crippen LogP contribution in [0.4, 0.5) is 11.4 Å². The van der Waals surface area contributed by atoms with E-state index in [0.717, 1.165) is 36.6 Å². The number of anilines is 2. The molecule has 0 aliphatic rings. The second-order valence-electron chi connectivity index (χ2n) is 4.07. The molecule has 0 saturated heterocycles. The van der Waals surface area contributed by atoms with E-state index < -0.39 is 0 Å². The summed E-state index contributed by atoms with van der Waals surface area (Å²) >= 11 is 0. The van der Waals surface area contributed by atoms with Crippen LogP contribution in [-0.4, -0.2) is 33.8 Å². The van der Waals surface area contributed by atoms with Gasteiger partial charge in [0.2, 0.25) is 0 Å². The van der Waals surface area contributed by atoms with Crippen LogP contribution in [0.3, 0.4) is 0 Å². The molecule has 0 saturated carbocycles. The molecule has 0 amide bonds. The normalized spacial score (nSPS) is 10.3. The van der Waals surface area contributed by atoms with Gasteiger partial charge < -0.3 is 20.7 Å². The molecule has 0 heterocycles. The number of ether oxygens (including phenoxy) is 1.